The van der Waals surface area contributed by atoms with Crippen molar-refractivity contribution in [2.75, 3.05) is 0 Å². The summed E-state index contributed by atoms with van der Waals surface area (Å²) in [6.07, 6.45) is 8.68. The Morgan fingerprint density at radius 1 is 1.42 bits per heavy atom. The number of aryl methyl sites for hydroxylation is 1. The Morgan fingerprint density at radius 3 is 2.84 bits per heavy atom. The molecule has 19 heavy (non-hydrogen) atoms. The van der Waals surface area contributed by atoms with Crippen LogP contribution in [0.2, 0.25) is 0 Å². The van der Waals surface area contributed by atoms with E-state index in [9.17, 15) is 4.79 Å². The van der Waals surface area contributed by atoms with Gasteiger partial charge in [0.05, 0.1) is 12.5 Å². The molecule has 6 heteroatoms. The molecule has 1 fully saturated rings. The van der Waals surface area contributed by atoms with E-state index in [1.807, 2.05) is 6.92 Å². The second kappa shape index (κ2) is 6.63. The van der Waals surface area contributed by atoms with Gasteiger partial charge in [0.15, 0.2) is 5.82 Å². The summed E-state index contributed by atoms with van der Waals surface area (Å²) in [4.78, 5) is 10.7. The molecule has 0 amide bonds. The zero-order valence-corrected chi connectivity index (χ0v) is 11.5. The number of hydrogen-bond acceptors (Lipinski definition) is 4. The molecule has 1 saturated carbocycles. The smallest absolute Gasteiger partial charge is 0.305 e. The van der Waals surface area contributed by atoms with Crippen LogP contribution in [-0.4, -0.2) is 31.3 Å². The maximum Gasteiger partial charge on any atom is 0.305 e. The highest BCUT2D eigenvalue weighted by Gasteiger charge is 2.18. The lowest BCUT2D eigenvalue weighted by molar-refractivity contribution is -0.137. The molecule has 0 saturated heterocycles. The lowest BCUT2D eigenvalue weighted by Crippen LogP contribution is -2.16. The van der Waals surface area contributed by atoms with E-state index in [0.717, 1.165) is 24.6 Å². The van der Waals surface area contributed by atoms with Crippen molar-refractivity contribution in [1.82, 2.24) is 20.2 Å². The summed E-state index contributed by atoms with van der Waals surface area (Å²) < 4.78 is 1.66. The van der Waals surface area contributed by atoms with E-state index in [1.165, 1.54) is 32.1 Å². The first kappa shape index (κ1) is 14.0. The molecule has 0 bridgehead atoms. The number of carbonyl (C=O) groups is 1. The number of carboxylic acids is 1. The Hall–Kier alpha value is -1.46. The lowest BCUT2D eigenvalue weighted by Gasteiger charge is -2.21. The fourth-order valence-corrected chi connectivity index (χ4v) is 2.87. The molecule has 1 aromatic heterocycles. The SMILES string of the molecule is CC(CC(=O)O)n1nnnc1CCC1CCCCC1. The molecule has 2 rings (SSSR count). The van der Waals surface area contributed by atoms with E-state index in [0.29, 0.717) is 0 Å². The van der Waals surface area contributed by atoms with Crippen LogP contribution in [0.3, 0.4) is 0 Å². The normalized spacial score (nSPS) is 18.4. The maximum absolute atomic E-state index is 10.7. The van der Waals surface area contributed by atoms with Gasteiger partial charge in [0.2, 0.25) is 0 Å². The monoisotopic (exact) mass is 266 g/mol. The second-order valence-corrected chi connectivity index (χ2v) is 5.53. The highest BCUT2D eigenvalue weighted by atomic mass is 16.4. The van der Waals surface area contributed by atoms with Crippen LogP contribution >= 0.6 is 0 Å². The Balaban J connectivity index is 1.89. The van der Waals surface area contributed by atoms with E-state index in [-0.39, 0.29) is 12.5 Å². The van der Waals surface area contributed by atoms with Gasteiger partial charge in [0, 0.05) is 6.42 Å². The molecule has 1 aromatic rings. The van der Waals surface area contributed by atoms with E-state index >= 15 is 0 Å². The predicted octanol–water partition coefficient (Wildman–Crippen LogP) is 2.22. The quantitative estimate of drug-likeness (QED) is 0.853. The average Bonchev–Trinajstić information content (AvgIpc) is 2.85. The van der Waals surface area contributed by atoms with Crippen molar-refractivity contribution in [1.29, 1.82) is 0 Å². The average molecular weight is 266 g/mol. The van der Waals surface area contributed by atoms with Gasteiger partial charge < -0.3 is 5.11 Å². The summed E-state index contributed by atoms with van der Waals surface area (Å²) in [7, 11) is 0. The van der Waals surface area contributed by atoms with Gasteiger partial charge in [-0.25, -0.2) is 4.68 Å². The number of carboxylic acid groups (broad SMARTS) is 1. The summed E-state index contributed by atoms with van der Waals surface area (Å²) >= 11 is 0. The fourth-order valence-electron chi connectivity index (χ4n) is 2.87. The minimum Gasteiger partial charge on any atom is -0.481 e. The molecule has 0 spiro atoms. The molecular weight excluding hydrogens is 244 g/mol. The van der Waals surface area contributed by atoms with Crippen LogP contribution in [0.25, 0.3) is 0 Å². The zero-order chi connectivity index (χ0) is 13.7. The summed E-state index contributed by atoms with van der Waals surface area (Å²) in [5, 5.41) is 20.5. The molecule has 1 aliphatic carbocycles. The van der Waals surface area contributed by atoms with Crippen molar-refractivity contribution in [3.05, 3.63) is 5.82 Å². The Morgan fingerprint density at radius 2 is 2.16 bits per heavy atom. The summed E-state index contributed by atoms with van der Waals surface area (Å²) in [5.41, 5.74) is 0. The highest BCUT2D eigenvalue weighted by molar-refractivity contribution is 5.67. The van der Waals surface area contributed by atoms with Gasteiger partial charge in [-0.2, -0.15) is 0 Å². The highest BCUT2D eigenvalue weighted by Crippen LogP contribution is 2.27. The van der Waals surface area contributed by atoms with Gasteiger partial charge >= 0.3 is 5.97 Å². The lowest BCUT2D eigenvalue weighted by atomic mass is 9.86. The topological polar surface area (TPSA) is 80.9 Å². The molecule has 0 aliphatic heterocycles. The first-order valence-corrected chi connectivity index (χ1v) is 7.15. The molecule has 0 radical (unpaired) electrons. The van der Waals surface area contributed by atoms with Crippen molar-refractivity contribution >= 4 is 5.97 Å². The van der Waals surface area contributed by atoms with Crippen LogP contribution in [0.4, 0.5) is 0 Å². The largest absolute Gasteiger partial charge is 0.481 e. The number of hydrogen-bond donors (Lipinski definition) is 1. The van der Waals surface area contributed by atoms with Gasteiger partial charge in [0.1, 0.15) is 0 Å². The van der Waals surface area contributed by atoms with Crippen LogP contribution in [0.5, 0.6) is 0 Å². The first-order chi connectivity index (χ1) is 9.16. The Bertz CT molecular complexity index is 413. The molecule has 1 heterocycles. The molecule has 1 unspecified atom stereocenters. The van der Waals surface area contributed by atoms with Crippen molar-refractivity contribution in [2.24, 2.45) is 5.92 Å². The van der Waals surface area contributed by atoms with E-state index < -0.39 is 5.97 Å². The molecule has 1 N–H and O–H groups in total. The number of tetrazole rings is 1. The van der Waals surface area contributed by atoms with Crippen molar-refractivity contribution in [3.8, 4) is 0 Å². The summed E-state index contributed by atoms with van der Waals surface area (Å²) in [5.74, 6) is 0.786. The van der Waals surface area contributed by atoms with Crippen LogP contribution in [-0.2, 0) is 11.2 Å². The third-order valence-electron chi connectivity index (χ3n) is 3.95. The van der Waals surface area contributed by atoms with E-state index in [1.54, 1.807) is 4.68 Å². The zero-order valence-electron chi connectivity index (χ0n) is 11.5. The Labute approximate surface area is 113 Å². The molecule has 6 nitrogen and oxygen atoms in total. The van der Waals surface area contributed by atoms with Gasteiger partial charge in [-0.3, -0.25) is 4.79 Å². The van der Waals surface area contributed by atoms with Crippen molar-refractivity contribution < 1.29 is 9.90 Å². The van der Waals surface area contributed by atoms with Crippen LogP contribution < -0.4 is 0 Å². The standard InChI is InChI=1S/C13H22N4O2/c1-10(9-13(18)19)17-12(14-15-16-17)8-7-11-5-3-2-4-6-11/h10-11H,2-9H2,1H3,(H,18,19). The van der Waals surface area contributed by atoms with Gasteiger partial charge in [-0.05, 0) is 29.7 Å². The minimum atomic E-state index is -0.818. The van der Waals surface area contributed by atoms with E-state index in [2.05, 4.69) is 15.5 Å². The van der Waals surface area contributed by atoms with Crippen molar-refractivity contribution in [3.63, 3.8) is 0 Å². The molecule has 1 atom stereocenters. The molecular formula is C13H22N4O2. The van der Waals surface area contributed by atoms with Gasteiger partial charge in [-0.15, -0.1) is 5.10 Å². The predicted molar refractivity (Wildman–Crippen MR) is 69.7 cm³/mol. The fraction of sp³-hybridized carbons (Fsp3) is 0.846. The number of nitrogens with zero attached hydrogens (tertiary/aromatic N) is 4. The van der Waals surface area contributed by atoms with Crippen LogP contribution in [0.15, 0.2) is 0 Å². The maximum atomic E-state index is 10.7. The Kier molecular flexibility index (Phi) is 4.87. The molecule has 106 valence electrons. The summed E-state index contributed by atoms with van der Waals surface area (Å²) in [6.45, 7) is 1.84. The van der Waals surface area contributed by atoms with Gasteiger partial charge in [0.25, 0.3) is 0 Å². The third-order valence-corrected chi connectivity index (χ3v) is 3.95. The van der Waals surface area contributed by atoms with E-state index in [4.69, 9.17) is 5.11 Å². The van der Waals surface area contributed by atoms with Crippen LogP contribution in [0, 0.1) is 5.92 Å². The third kappa shape index (κ3) is 4.01. The first-order valence-electron chi connectivity index (χ1n) is 7.15. The van der Waals surface area contributed by atoms with Gasteiger partial charge in [-0.1, -0.05) is 32.1 Å². The number of rotatable bonds is 6. The summed E-state index contributed by atoms with van der Waals surface area (Å²) in [6, 6.07) is -0.186. The van der Waals surface area contributed by atoms with Crippen LogP contribution in [0.1, 0.15) is 63.7 Å². The second-order valence-electron chi connectivity index (χ2n) is 5.53. The molecule has 0 aromatic carbocycles. The molecule has 1 aliphatic rings. The number of aromatic nitrogens is 4. The minimum absolute atomic E-state index is 0.0570. The van der Waals surface area contributed by atoms with Crippen molar-refractivity contribution in [2.45, 2.75) is 64.3 Å². The number of aliphatic carboxylic acids is 1.